The van der Waals surface area contributed by atoms with Gasteiger partial charge in [0.2, 0.25) is 17.7 Å². The number of aliphatic hydroxyl groups is 1. The van der Waals surface area contributed by atoms with Gasteiger partial charge < -0.3 is 36.2 Å². The summed E-state index contributed by atoms with van der Waals surface area (Å²) in [5.41, 5.74) is 0.655. The number of carbonyl (C=O) groups is 4. The lowest BCUT2D eigenvalue weighted by molar-refractivity contribution is -0.144. The molecule has 0 radical (unpaired) electrons. The summed E-state index contributed by atoms with van der Waals surface area (Å²) in [4.78, 5) is 57.0. The molecule has 0 bridgehead atoms. The van der Waals surface area contributed by atoms with Crippen molar-refractivity contribution < 1.29 is 34.1 Å². The lowest BCUT2D eigenvalue weighted by Gasteiger charge is -2.37. The molecule has 1 aromatic heterocycles. The van der Waals surface area contributed by atoms with Gasteiger partial charge in [-0.1, -0.05) is 25.1 Å². The predicted molar refractivity (Wildman–Crippen MR) is 138 cm³/mol. The monoisotopic (exact) mass is 539 g/mol. The second-order valence-electron chi connectivity index (χ2n) is 9.91. The van der Waals surface area contributed by atoms with Crippen LogP contribution < -0.4 is 21.3 Å². The van der Waals surface area contributed by atoms with Crippen molar-refractivity contribution in [2.75, 3.05) is 6.61 Å². The number of nitrogens with zero attached hydrogens (tertiary/aromatic N) is 1. The van der Waals surface area contributed by atoms with Crippen LogP contribution in [0.5, 0.6) is 5.75 Å². The maximum Gasteiger partial charge on any atom is 0.255 e. The van der Waals surface area contributed by atoms with Gasteiger partial charge in [-0.05, 0) is 43.5 Å². The van der Waals surface area contributed by atoms with E-state index in [4.69, 9.17) is 4.74 Å². The van der Waals surface area contributed by atoms with E-state index < -0.39 is 65.9 Å². The third-order valence-electron chi connectivity index (χ3n) is 7.12. The van der Waals surface area contributed by atoms with E-state index in [1.807, 2.05) is 0 Å². The second-order valence-corrected chi connectivity index (χ2v) is 9.91. The first-order valence-electron chi connectivity index (χ1n) is 12.8. The number of aromatic nitrogens is 1. The first-order chi connectivity index (χ1) is 18.7. The van der Waals surface area contributed by atoms with Gasteiger partial charge in [-0.15, -0.1) is 0 Å². The van der Waals surface area contributed by atoms with Gasteiger partial charge in [0.25, 0.3) is 5.91 Å². The minimum absolute atomic E-state index is 0.0523. The molecule has 4 amide bonds. The highest BCUT2D eigenvalue weighted by molar-refractivity contribution is 6.00. The third-order valence-corrected chi connectivity index (χ3v) is 7.12. The number of aliphatic hydroxyl groups excluding tert-OH is 1. The number of para-hydroxylation sites is 1. The fourth-order valence-electron chi connectivity index (χ4n) is 4.63. The Bertz CT molecular complexity index is 1210. The summed E-state index contributed by atoms with van der Waals surface area (Å²) in [6.07, 6.45) is 1.96. The molecule has 4 rings (SSSR count). The lowest BCUT2D eigenvalue weighted by Crippen LogP contribution is -2.66. The lowest BCUT2D eigenvalue weighted by atomic mass is 9.91. The Morgan fingerprint density at radius 3 is 2.44 bits per heavy atom. The van der Waals surface area contributed by atoms with Crippen molar-refractivity contribution in [2.24, 2.45) is 5.92 Å². The quantitative estimate of drug-likeness (QED) is 0.292. The van der Waals surface area contributed by atoms with E-state index in [2.05, 4.69) is 26.3 Å². The molecule has 208 valence electrons. The van der Waals surface area contributed by atoms with Gasteiger partial charge in [-0.3, -0.25) is 24.2 Å². The number of aromatic hydroxyl groups is 1. The Hall–Kier alpha value is -4.03. The standard InChI is InChI=1S/C27H33N5O7/c1-14-23(34)18(12-16-6-5-10-28-13-16)30-26(37)21(31-25(36)17-7-3-4-8-19(17)33)15(2)29-27(38)22(32-24(14)35)20-9-11-39-20/h3-8,10,13-15,18,20-23,33-34H,9,11-12H2,1-2H3,(H,29,38)(H,30,37)(H,31,36)(H,32,35)/t14-,15-,18+,20?,21+,22?,23+/m1/s1. The van der Waals surface area contributed by atoms with Crippen LogP contribution in [0.2, 0.25) is 0 Å². The van der Waals surface area contributed by atoms with Gasteiger partial charge in [0.1, 0.15) is 17.8 Å². The number of ether oxygens (including phenoxy) is 1. The van der Waals surface area contributed by atoms with Crippen LogP contribution in [-0.2, 0) is 25.5 Å². The largest absolute Gasteiger partial charge is 0.507 e. The van der Waals surface area contributed by atoms with E-state index in [0.29, 0.717) is 18.6 Å². The number of pyridine rings is 1. The van der Waals surface area contributed by atoms with Crippen molar-refractivity contribution in [3.8, 4) is 5.75 Å². The molecule has 2 fully saturated rings. The van der Waals surface area contributed by atoms with Crippen LogP contribution in [0.4, 0.5) is 0 Å². The van der Waals surface area contributed by atoms with Gasteiger partial charge in [-0.25, -0.2) is 0 Å². The SMILES string of the molecule is C[C@H]1NC(=O)C(C2CCO2)NC(=O)[C@H](C)[C@H](O)[C@H](Cc2cccnc2)NC(=O)[C@H]1NC(=O)c1ccccc1O. The molecule has 2 saturated heterocycles. The topological polar surface area (TPSA) is 179 Å². The van der Waals surface area contributed by atoms with Gasteiger partial charge in [0.05, 0.1) is 35.8 Å². The number of amides is 4. The van der Waals surface area contributed by atoms with E-state index in [1.165, 1.54) is 26.0 Å². The van der Waals surface area contributed by atoms with Crippen LogP contribution in [0.15, 0.2) is 48.8 Å². The number of rotatable bonds is 5. The number of phenolic OH excluding ortho intramolecular Hbond substituents is 1. The average Bonchev–Trinajstić information content (AvgIpc) is 2.89. The summed E-state index contributed by atoms with van der Waals surface area (Å²) in [7, 11) is 0. The number of hydrogen-bond donors (Lipinski definition) is 6. The minimum Gasteiger partial charge on any atom is -0.507 e. The Morgan fingerprint density at radius 2 is 1.79 bits per heavy atom. The molecule has 2 aliphatic rings. The van der Waals surface area contributed by atoms with Crippen LogP contribution in [0.1, 0.15) is 36.2 Å². The Kier molecular flexibility index (Phi) is 8.77. The van der Waals surface area contributed by atoms with Gasteiger partial charge in [0, 0.05) is 19.0 Å². The molecular formula is C27H33N5O7. The van der Waals surface area contributed by atoms with Crippen LogP contribution in [-0.4, -0.2) is 81.8 Å². The summed E-state index contributed by atoms with van der Waals surface area (Å²) >= 11 is 0. The van der Waals surface area contributed by atoms with Crippen molar-refractivity contribution in [3.05, 3.63) is 59.9 Å². The molecule has 2 unspecified atom stereocenters. The number of nitrogens with one attached hydrogen (secondary N) is 4. The summed E-state index contributed by atoms with van der Waals surface area (Å²) < 4.78 is 5.47. The van der Waals surface area contributed by atoms with Crippen LogP contribution in [0.3, 0.4) is 0 Å². The zero-order valence-electron chi connectivity index (χ0n) is 21.7. The van der Waals surface area contributed by atoms with Gasteiger partial charge >= 0.3 is 0 Å². The maximum atomic E-state index is 13.6. The van der Waals surface area contributed by atoms with E-state index in [-0.39, 0.29) is 17.7 Å². The van der Waals surface area contributed by atoms with Crippen molar-refractivity contribution in [1.29, 1.82) is 0 Å². The number of carbonyl (C=O) groups excluding carboxylic acids is 4. The van der Waals surface area contributed by atoms with E-state index in [9.17, 15) is 29.4 Å². The maximum absolute atomic E-state index is 13.6. The van der Waals surface area contributed by atoms with Gasteiger partial charge in [-0.2, -0.15) is 0 Å². The molecular weight excluding hydrogens is 506 g/mol. The summed E-state index contributed by atoms with van der Waals surface area (Å²) in [6.45, 7) is 3.48. The second kappa shape index (κ2) is 12.2. The Balaban J connectivity index is 1.67. The van der Waals surface area contributed by atoms with Crippen LogP contribution in [0, 0.1) is 5.92 Å². The predicted octanol–water partition coefficient (Wildman–Crippen LogP) is -0.598. The van der Waals surface area contributed by atoms with E-state index >= 15 is 0 Å². The van der Waals surface area contributed by atoms with Crippen LogP contribution >= 0.6 is 0 Å². The minimum atomic E-state index is -1.34. The molecule has 2 aromatic rings. The highest BCUT2D eigenvalue weighted by Crippen LogP contribution is 2.20. The molecule has 7 atom stereocenters. The van der Waals surface area contributed by atoms with Gasteiger partial charge in [0.15, 0.2) is 0 Å². The molecule has 3 heterocycles. The number of hydrogen-bond acceptors (Lipinski definition) is 8. The third kappa shape index (κ3) is 6.52. The number of benzene rings is 1. The zero-order valence-corrected chi connectivity index (χ0v) is 21.7. The van der Waals surface area contributed by atoms with Crippen molar-refractivity contribution in [2.45, 2.75) is 63.1 Å². The molecule has 12 heteroatoms. The molecule has 2 aliphatic heterocycles. The molecule has 0 saturated carbocycles. The highest BCUT2D eigenvalue weighted by Gasteiger charge is 2.41. The van der Waals surface area contributed by atoms with Crippen molar-refractivity contribution in [1.82, 2.24) is 26.3 Å². The zero-order chi connectivity index (χ0) is 28.1. The highest BCUT2D eigenvalue weighted by atomic mass is 16.5. The normalized spacial score (nSPS) is 29.9. The summed E-state index contributed by atoms with van der Waals surface area (Å²) in [6, 6.07) is 5.12. The van der Waals surface area contributed by atoms with Crippen molar-refractivity contribution in [3.63, 3.8) is 0 Å². The smallest absolute Gasteiger partial charge is 0.255 e. The van der Waals surface area contributed by atoms with Crippen molar-refractivity contribution >= 4 is 23.6 Å². The molecule has 1 aromatic carbocycles. The fourth-order valence-corrected chi connectivity index (χ4v) is 4.63. The van der Waals surface area contributed by atoms with Crippen LogP contribution in [0.25, 0.3) is 0 Å². The first kappa shape index (κ1) is 28.0. The molecule has 12 nitrogen and oxygen atoms in total. The summed E-state index contributed by atoms with van der Waals surface area (Å²) in [5, 5.41) is 32.1. The fraction of sp³-hybridized carbons (Fsp3) is 0.444. The van der Waals surface area contributed by atoms with E-state index in [1.54, 1.807) is 36.7 Å². The first-order valence-corrected chi connectivity index (χ1v) is 12.8. The molecule has 0 spiro atoms. The summed E-state index contributed by atoms with van der Waals surface area (Å²) in [5.74, 6) is -3.86. The number of phenols is 1. The average molecular weight is 540 g/mol. The van der Waals surface area contributed by atoms with E-state index in [0.717, 1.165) is 0 Å². The molecule has 0 aliphatic carbocycles. The Morgan fingerprint density at radius 1 is 1.05 bits per heavy atom. The Labute approximate surface area is 225 Å². The molecule has 39 heavy (non-hydrogen) atoms. The molecule has 6 N–H and O–H groups in total.